The predicted octanol–water partition coefficient (Wildman–Crippen LogP) is 3.70. The second-order valence-corrected chi connectivity index (χ2v) is 7.33. The van der Waals surface area contributed by atoms with Crippen molar-refractivity contribution >= 4 is 23.4 Å². The van der Waals surface area contributed by atoms with Gasteiger partial charge in [0.15, 0.2) is 0 Å². The molecule has 148 valence electrons. The molecule has 1 saturated heterocycles. The van der Waals surface area contributed by atoms with E-state index in [0.29, 0.717) is 36.7 Å². The third-order valence-electron chi connectivity index (χ3n) is 4.84. The Morgan fingerprint density at radius 1 is 1.07 bits per heavy atom. The van der Waals surface area contributed by atoms with Gasteiger partial charge in [0.05, 0.1) is 13.0 Å². The smallest absolute Gasteiger partial charge is 0.253 e. The highest BCUT2D eigenvalue weighted by atomic mass is 35.5. The van der Waals surface area contributed by atoms with Gasteiger partial charge in [-0.3, -0.25) is 9.59 Å². The zero-order valence-electron chi connectivity index (χ0n) is 16.0. The van der Waals surface area contributed by atoms with Gasteiger partial charge in [0, 0.05) is 29.7 Å². The Labute approximate surface area is 170 Å². The normalized spacial score (nSPS) is 14.6. The summed E-state index contributed by atoms with van der Waals surface area (Å²) in [5.41, 5.74) is 1.60. The van der Waals surface area contributed by atoms with Crippen LogP contribution in [0.5, 0.6) is 5.75 Å². The molecule has 0 bridgehead atoms. The molecular formula is C22H25ClN2O3. The number of halogens is 1. The number of benzene rings is 2. The molecular weight excluding hydrogens is 376 g/mol. The number of nitrogens with one attached hydrogen (secondary N) is 1. The van der Waals surface area contributed by atoms with Crippen molar-refractivity contribution in [1.82, 2.24) is 10.2 Å². The van der Waals surface area contributed by atoms with E-state index in [1.165, 1.54) is 0 Å². The molecule has 1 fully saturated rings. The predicted molar refractivity (Wildman–Crippen MR) is 110 cm³/mol. The van der Waals surface area contributed by atoms with Crippen LogP contribution in [0.4, 0.5) is 0 Å². The van der Waals surface area contributed by atoms with Gasteiger partial charge in [-0.05, 0) is 61.7 Å². The van der Waals surface area contributed by atoms with Gasteiger partial charge in [-0.2, -0.15) is 0 Å². The van der Waals surface area contributed by atoms with Crippen LogP contribution in [-0.4, -0.2) is 42.5 Å². The van der Waals surface area contributed by atoms with E-state index < -0.39 is 0 Å². The first-order valence-electron chi connectivity index (χ1n) is 9.61. The van der Waals surface area contributed by atoms with Gasteiger partial charge >= 0.3 is 0 Å². The summed E-state index contributed by atoms with van der Waals surface area (Å²) in [6.07, 6.45) is 1.85. The summed E-state index contributed by atoms with van der Waals surface area (Å²) in [5, 5.41) is 3.74. The number of rotatable bonds is 6. The molecule has 0 atom stereocenters. The van der Waals surface area contributed by atoms with Crippen LogP contribution in [0.3, 0.4) is 0 Å². The zero-order chi connectivity index (χ0) is 19.9. The molecule has 1 aliphatic heterocycles. The van der Waals surface area contributed by atoms with Gasteiger partial charge < -0.3 is 15.0 Å². The minimum absolute atomic E-state index is 0.00129. The fraction of sp³-hybridized carbons (Fsp3) is 0.364. The Bertz CT molecular complexity index is 798. The SMILES string of the molecule is CCOc1ccc(C(=O)N2CCC(NC(=O)Cc3ccc(Cl)cc3)CC2)cc1. The van der Waals surface area contributed by atoms with Crippen molar-refractivity contribution in [3.05, 3.63) is 64.7 Å². The molecule has 6 heteroatoms. The highest BCUT2D eigenvalue weighted by Crippen LogP contribution is 2.17. The lowest BCUT2D eigenvalue weighted by Crippen LogP contribution is -2.46. The largest absolute Gasteiger partial charge is 0.494 e. The van der Waals surface area contributed by atoms with Crippen molar-refractivity contribution in [1.29, 1.82) is 0 Å². The van der Waals surface area contributed by atoms with Crippen molar-refractivity contribution < 1.29 is 14.3 Å². The summed E-state index contributed by atoms with van der Waals surface area (Å²) in [6, 6.07) is 14.6. The van der Waals surface area contributed by atoms with E-state index in [-0.39, 0.29) is 17.9 Å². The molecule has 0 aliphatic carbocycles. The highest BCUT2D eigenvalue weighted by Gasteiger charge is 2.24. The van der Waals surface area contributed by atoms with Gasteiger partial charge in [-0.25, -0.2) is 0 Å². The minimum Gasteiger partial charge on any atom is -0.494 e. The minimum atomic E-state index is -0.00129. The summed E-state index contributed by atoms with van der Waals surface area (Å²) in [6.45, 7) is 3.80. The summed E-state index contributed by atoms with van der Waals surface area (Å²) in [7, 11) is 0. The maximum atomic E-state index is 12.7. The van der Waals surface area contributed by atoms with Crippen LogP contribution in [-0.2, 0) is 11.2 Å². The van der Waals surface area contributed by atoms with Crippen LogP contribution < -0.4 is 10.1 Å². The standard InChI is InChI=1S/C22H25ClN2O3/c1-2-28-20-9-5-17(6-10-20)22(27)25-13-11-19(12-14-25)24-21(26)15-16-3-7-18(23)8-4-16/h3-10,19H,2,11-15H2,1H3,(H,24,26). The molecule has 1 aliphatic rings. The number of piperidine rings is 1. The van der Waals surface area contributed by atoms with E-state index in [2.05, 4.69) is 5.32 Å². The average molecular weight is 401 g/mol. The van der Waals surface area contributed by atoms with E-state index in [1.807, 2.05) is 36.1 Å². The number of hydrogen-bond acceptors (Lipinski definition) is 3. The van der Waals surface area contributed by atoms with E-state index in [0.717, 1.165) is 24.2 Å². The first-order chi connectivity index (χ1) is 13.5. The Kier molecular flexibility index (Phi) is 6.93. The fourth-order valence-electron chi connectivity index (χ4n) is 3.34. The van der Waals surface area contributed by atoms with E-state index in [1.54, 1.807) is 24.3 Å². The first-order valence-corrected chi connectivity index (χ1v) is 9.99. The average Bonchev–Trinajstić information content (AvgIpc) is 2.71. The van der Waals surface area contributed by atoms with Crippen molar-refractivity contribution in [3.63, 3.8) is 0 Å². The van der Waals surface area contributed by atoms with Crippen LogP contribution in [0.1, 0.15) is 35.7 Å². The van der Waals surface area contributed by atoms with Gasteiger partial charge in [-0.15, -0.1) is 0 Å². The van der Waals surface area contributed by atoms with Gasteiger partial charge in [0.2, 0.25) is 5.91 Å². The van der Waals surface area contributed by atoms with Gasteiger partial charge in [0.1, 0.15) is 5.75 Å². The van der Waals surface area contributed by atoms with Crippen LogP contribution in [0.15, 0.2) is 48.5 Å². The monoisotopic (exact) mass is 400 g/mol. The van der Waals surface area contributed by atoms with E-state index in [9.17, 15) is 9.59 Å². The topological polar surface area (TPSA) is 58.6 Å². The third kappa shape index (κ3) is 5.49. The number of likely N-dealkylation sites (tertiary alicyclic amines) is 1. The Morgan fingerprint density at radius 3 is 2.32 bits per heavy atom. The lowest BCUT2D eigenvalue weighted by molar-refractivity contribution is -0.121. The van der Waals surface area contributed by atoms with Crippen LogP contribution in [0, 0.1) is 0 Å². The molecule has 3 rings (SSSR count). The van der Waals surface area contributed by atoms with Gasteiger partial charge in [-0.1, -0.05) is 23.7 Å². The lowest BCUT2D eigenvalue weighted by Gasteiger charge is -2.32. The molecule has 0 unspecified atom stereocenters. The number of ether oxygens (including phenoxy) is 1. The molecule has 0 aromatic heterocycles. The lowest BCUT2D eigenvalue weighted by atomic mass is 10.0. The van der Waals surface area contributed by atoms with Gasteiger partial charge in [0.25, 0.3) is 5.91 Å². The summed E-state index contributed by atoms with van der Waals surface area (Å²) in [5.74, 6) is 0.786. The maximum absolute atomic E-state index is 12.7. The van der Waals surface area contributed by atoms with E-state index in [4.69, 9.17) is 16.3 Å². The Balaban J connectivity index is 1.46. The van der Waals surface area contributed by atoms with Crippen LogP contribution in [0.25, 0.3) is 0 Å². The molecule has 0 saturated carbocycles. The number of hydrogen-bond donors (Lipinski definition) is 1. The summed E-state index contributed by atoms with van der Waals surface area (Å²) in [4.78, 5) is 26.7. The molecule has 2 aromatic carbocycles. The third-order valence-corrected chi connectivity index (χ3v) is 5.09. The van der Waals surface area contributed by atoms with Crippen molar-refractivity contribution in [2.45, 2.75) is 32.2 Å². The van der Waals surface area contributed by atoms with Crippen LogP contribution >= 0.6 is 11.6 Å². The summed E-state index contributed by atoms with van der Waals surface area (Å²) >= 11 is 5.87. The number of nitrogens with zero attached hydrogens (tertiary/aromatic N) is 1. The molecule has 5 nitrogen and oxygen atoms in total. The van der Waals surface area contributed by atoms with Crippen molar-refractivity contribution in [3.8, 4) is 5.75 Å². The molecule has 0 radical (unpaired) electrons. The molecule has 2 aromatic rings. The molecule has 28 heavy (non-hydrogen) atoms. The first kappa shape index (κ1) is 20.2. The quantitative estimate of drug-likeness (QED) is 0.804. The number of carbonyl (C=O) groups is 2. The highest BCUT2D eigenvalue weighted by molar-refractivity contribution is 6.30. The zero-order valence-corrected chi connectivity index (χ0v) is 16.7. The number of carbonyl (C=O) groups excluding carboxylic acids is 2. The maximum Gasteiger partial charge on any atom is 0.253 e. The number of amides is 2. The fourth-order valence-corrected chi connectivity index (χ4v) is 3.46. The molecule has 1 heterocycles. The molecule has 2 amide bonds. The Hall–Kier alpha value is -2.53. The summed E-state index contributed by atoms with van der Waals surface area (Å²) < 4.78 is 5.41. The van der Waals surface area contributed by atoms with Crippen molar-refractivity contribution in [2.75, 3.05) is 19.7 Å². The van der Waals surface area contributed by atoms with Crippen molar-refractivity contribution in [2.24, 2.45) is 0 Å². The molecule has 0 spiro atoms. The second kappa shape index (κ2) is 9.60. The van der Waals surface area contributed by atoms with E-state index >= 15 is 0 Å². The molecule has 1 N–H and O–H groups in total. The second-order valence-electron chi connectivity index (χ2n) is 6.89. The Morgan fingerprint density at radius 2 is 1.71 bits per heavy atom. The van der Waals surface area contributed by atoms with Crippen LogP contribution in [0.2, 0.25) is 5.02 Å².